The summed E-state index contributed by atoms with van der Waals surface area (Å²) >= 11 is 1.45. The molecule has 8 nitrogen and oxygen atoms in total. The second-order valence-electron chi connectivity index (χ2n) is 3.69. The number of aromatic nitrogens is 1. The van der Waals surface area contributed by atoms with Gasteiger partial charge in [0.2, 0.25) is 5.91 Å². The lowest BCUT2D eigenvalue weighted by atomic mass is 10.2. The number of carboxylic acids is 1. The van der Waals surface area contributed by atoms with Crippen molar-refractivity contribution in [2.24, 2.45) is 5.73 Å². The molecular weight excluding hydrogens is 272 g/mol. The molecule has 0 radical (unpaired) electrons. The van der Waals surface area contributed by atoms with Gasteiger partial charge in [-0.05, 0) is 0 Å². The summed E-state index contributed by atoms with van der Waals surface area (Å²) in [5.74, 6) is -2.11. The summed E-state index contributed by atoms with van der Waals surface area (Å²) in [6.07, 6.45) is 0.0965. The van der Waals surface area contributed by atoms with Crippen LogP contribution in [0.1, 0.15) is 12.1 Å². The monoisotopic (exact) mass is 286 g/mol. The lowest BCUT2D eigenvalue weighted by Crippen LogP contribution is -2.48. The smallest absolute Gasteiger partial charge is 0.326 e. The number of urea groups is 1. The number of amides is 3. The molecule has 1 aromatic rings. The number of aliphatic carboxylic acids is 1. The van der Waals surface area contributed by atoms with Gasteiger partial charge in [-0.25, -0.2) is 14.6 Å². The minimum Gasteiger partial charge on any atom is -0.480 e. The maximum absolute atomic E-state index is 11.4. The Morgan fingerprint density at radius 2 is 2.21 bits per heavy atom. The average Bonchev–Trinajstić information content (AvgIpc) is 2.80. The number of hydrogen-bond donors (Lipinski definition) is 4. The molecule has 0 saturated heterocycles. The van der Waals surface area contributed by atoms with E-state index < -0.39 is 30.4 Å². The van der Waals surface area contributed by atoms with Crippen molar-refractivity contribution in [1.29, 1.82) is 0 Å². The number of nitrogens with two attached hydrogens (primary N) is 1. The van der Waals surface area contributed by atoms with Gasteiger partial charge in [0.1, 0.15) is 6.04 Å². The molecule has 0 unspecified atom stereocenters. The second-order valence-corrected chi connectivity index (χ2v) is 4.41. The van der Waals surface area contributed by atoms with Crippen LogP contribution >= 0.6 is 11.3 Å². The minimum absolute atomic E-state index is 0.318. The van der Waals surface area contributed by atoms with Crippen molar-refractivity contribution in [2.45, 2.75) is 18.9 Å². The third-order valence-corrected chi connectivity index (χ3v) is 2.79. The number of carbonyl (C=O) groups is 3. The summed E-state index contributed by atoms with van der Waals surface area (Å²) in [6.45, 7) is 0.318. The molecule has 0 fully saturated rings. The Kier molecular flexibility index (Phi) is 5.73. The van der Waals surface area contributed by atoms with Crippen molar-refractivity contribution in [3.63, 3.8) is 0 Å². The van der Waals surface area contributed by atoms with Crippen LogP contribution < -0.4 is 16.4 Å². The summed E-state index contributed by atoms with van der Waals surface area (Å²) in [4.78, 5) is 36.9. The fraction of sp³-hybridized carbons (Fsp3) is 0.400. The summed E-state index contributed by atoms with van der Waals surface area (Å²) < 4.78 is 0. The lowest BCUT2D eigenvalue weighted by Gasteiger charge is -2.13. The largest absolute Gasteiger partial charge is 0.480 e. The van der Waals surface area contributed by atoms with Crippen molar-refractivity contribution in [1.82, 2.24) is 15.6 Å². The highest BCUT2D eigenvalue weighted by Crippen LogP contribution is 2.00. The number of nitrogens with one attached hydrogen (secondary N) is 2. The maximum atomic E-state index is 11.4. The predicted molar refractivity (Wildman–Crippen MR) is 67.6 cm³/mol. The Balaban J connectivity index is 2.32. The summed E-state index contributed by atoms with van der Waals surface area (Å²) in [7, 11) is 0. The summed E-state index contributed by atoms with van der Waals surface area (Å²) in [5, 5.41) is 15.3. The van der Waals surface area contributed by atoms with Gasteiger partial charge < -0.3 is 21.5 Å². The number of nitrogens with zero attached hydrogens (tertiary/aromatic N) is 1. The average molecular weight is 286 g/mol. The van der Waals surface area contributed by atoms with Crippen molar-refractivity contribution >= 4 is 29.2 Å². The van der Waals surface area contributed by atoms with Gasteiger partial charge >= 0.3 is 12.0 Å². The molecule has 9 heteroatoms. The third kappa shape index (κ3) is 5.82. The van der Waals surface area contributed by atoms with E-state index in [-0.39, 0.29) is 0 Å². The van der Waals surface area contributed by atoms with Crippen molar-refractivity contribution < 1.29 is 19.5 Å². The van der Waals surface area contributed by atoms with E-state index in [0.717, 1.165) is 5.69 Å². The van der Waals surface area contributed by atoms with Gasteiger partial charge in [-0.1, -0.05) is 0 Å². The van der Waals surface area contributed by atoms with Crippen LogP contribution in [0.4, 0.5) is 4.79 Å². The molecule has 1 aromatic heterocycles. The van der Waals surface area contributed by atoms with E-state index in [1.807, 2.05) is 5.38 Å². The van der Waals surface area contributed by atoms with Crippen LogP contribution in [0.25, 0.3) is 0 Å². The molecular formula is C10H14N4O4S. The van der Waals surface area contributed by atoms with E-state index in [1.165, 1.54) is 11.3 Å². The first-order valence-electron chi connectivity index (χ1n) is 5.41. The Hall–Kier alpha value is -2.16. The number of carbonyl (C=O) groups excluding carboxylic acids is 2. The molecule has 0 aliphatic carbocycles. The molecule has 0 spiro atoms. The van der Waals surface area contributed by atoms with E-state index >= 15 is 0 Å². The van der Waals surface area contributed by atoms with Gasteiger partial charge in [-0.3, -0.25) is 4.79 Å². The van der Waals surface area contributed by atoms with Gasteiger partial charge in [0.15, 0.2) is 0 Å². The van der Waals surface area contributed by atoms with Crippen LogP contribution in [0.2, 0.25) is 0 Å². The molecule has 0 saturated carbocycles. The third-order valence-electron chi connectivity index (χ3n) is 2.16. The maximum Gasteiger partial charge on any atom is 0.326 e. The molecule has 0 aliphatic heterocycles. The lowest BCUT2D eigenvalue weighted by molar-refractivity contribution is -0.140. The topological polar surface area (TPSA) is 134 Å². The number of thiazole rings is 1. The van der Waals surface area contributed by atoms with Crippen LogP contribution in [0.5, 0.6) is 0 Å². The number of rotatable bonds is 7. The molecule has 0 aliphatic rings. The molecule has 3 amide bonds. The van der Waals surface area contributed by atoms with Crippen LogP contribution in [-0.4, -0.2) is 40.6 Å². The summed E-state index contributed by atoms with van der Waals surface area (Å²) in [5.41, 5.74) is 7.42. The molecule has 0 bridgehead atoms. The molecule has 1 atom stereocenters. The fourth-order valence-electron chi connectivity index (χ4n) is 1.28. The van der Waals surface area contributed by atoms with E-state index in [2.05, 4.69) is 15.6 Å². The van der Waals surface area contributed by atoms with Gasteiger partial charge in [-0.2, -0.15) is 0 Å². The molecule has 1 rings (SSSR count). The number of carboxylic acid groups (broad SMARTS) is 1. The number of primary amides is 1. The van der Waals surface area contributed by atoms with E-state index in [4.69, 9.17) is 10.8 Å². The van der Waals surface area contributed by atoms with Crippen LogP contribution in [0.3, 0.4) is 0 Å². The van der Waals surface area contributed by atoms with Gasteiger partial charge in [0.25, 0.3) is 0 Å². The normalized spacial score (nSPS) is 11.6. The predicted octanol–water partition coefficient (Wildman–Crippen LogP) is -0.687. The quantitative estimate of drug-likeness (QED) is 0.526. The Morgan fingerprint density at radius 1 is 1.47 bits per heavy atom. The van der Waals surface area contributed by atoms with E-state index in [1.54, 1.807) is 5.51 Å². The SMILES string of the molecule is NC(=O)C[C@@H](NC(=O)NCCc1cscn1)C(=O)O. The van der Waals surface area contributed by atoms with Gasteiger partial charge in [-0.15, -0.1) is 11.3 Å². The second kappa shape index (κ2) is 7.31. The van der Waals surface area contributed by atoms with Crippen molar-refractivity contribution in [2.75, 3.05) is 6.54 Å². The van der Waals surface area contributed by atoms with Crippen molar-refractivity contribution in [3.05, 3.63) is 16.6 Å². The van der Waals surface area contributed by atoms with Crippen LogP contribution in [0, 0.1) is 0 Å². The zero-order chi connectivity index (χ0) is 14.3. The van der Waals surface area contributed by atoms with Crippen LogP contribution in [-0.2, 0) is 16.0 Å². The molecule has 5 N–H and O–H groups in total. The van der Waals surface area contributed by atoms with Crippen LogP contribution in [0.15, 0.2) is 10.9 Å². The first kappa shape index (κ1) is 14.9. The molecule has 1 heterocycles. The fourth-order valence-corrected chi connectivity index (χ4v) is 1.87. The minimum atomic E-state index is -1.32. The highest BCUT2D eigenvalue weighted by molar-refractivity contribution is 7.07. The Labute approximate surface area is 113 Å². The first-order valence-corrected chi connectivity index (χ1v) is 6.36. The number of hydrogen-bond acceptors (Lipinski definition) is 5. The highest BCUT2D eigenvalue weighted by atomic mass is 32.1. The van der Waals surface area contributed by atoms with Crippen molar-refractivity contribution in [3.8, 4) is 0 Å². The summed E-state index contributed by atoms with van der Waals surface area (Å²) in [6, 6.07) is -1.99. The molecule has 0 aromatic carbocycles. The Bertz CT molecular complexity index is 448. The zero-order valence-corrected chi connectivity index (χ0v) is 10.8. The van der Waals surface area contributed by atoms with Gasteiger partial charge in [0, 0.05) is 18.3 Å². The van der Waals surface area contributed by atoms with E-state index in [0.29, 0.717) is 13.0 Å². The molecule has 19 heavy (non-hydrogen) atoms. The first-order chi connectivity index (χ1) is 8.99. The standard InChI is InChI=1S/C10H14N4O4S/c11-8(15)3-7(9(16)17)14-10(18)12-2-1-6-4-19-5-13-6/h4-5,7H,1-3H2,(H2,11,15)(H,16,17)(H2,12,14,18)/t7-/m1/s1. The Morgan fingerprint density at radius 3 is 2.74 bits per heavy atom. The highest BCUT2D eigenvalue weighted by Gasteiger charge is 2.21. The zero-order valence-electron chi connectivity index (χ0n) is 9.96. The molecule has 104 valence electrons. The van der Waals surface area contributed by atoms with E-state index in [9.17, 15) is 14.4 Å². The van der Waals surface area contributed by atoms with Gasteiger partial charge in [0.05, 0.1) is 17.6 Å².